The lowest BCUT2D eigenvalue weighted by Gasteiger charge is -2.05. The summed E-state index contributed by atoms with van der Waals surface area (Å²) in [5.41, 5.74) is 1.90. The first-order chi connectivity index (χ1) is 7.90. The van der Waals surface area contributed by atoms with Gasteiger partial charge in [0.1, 0.15) is 0 Å². The summed E-state index contributed by atoms with van der Waals surface area (Å²) in [5.74, 6) is 1.02. The Balaban J connectivity index is 1.69. The molecule has 0 spiro atoms. The van der Waals surface area contributed by atoms with E-state index < -0.39 is 0 Å². The molecule has 0 bridgehead atoms. The van der Waals surface area contributed by atoms with Crippen molar-refractivity contribution in [3.05, 3.63) is 35.4 Å². The van der Waals surface area contributed by atoms with Crippen LogP contribution in [0.25, 0.3) is 0 Å². The summed E-state index contributed by atoms with van der Waals surface area (Å²) < 4.78 is 0. The predicted molar refractivity (Wildman–Crippen MR) is 64.8 cm³/mol. The number of rotatable bonds is 6. The maximum absolute atomic E-state index is 8.92. The molecule has 1 N–H and O–H groups in total. The molecule has 1 aromatic rings. The van der Waals surface area contributed by atoms with Gasteiger partial charge in [0.2, 0.25) is 0 Å². The third-order valence-electron chi connectivity index (χ3n) is 3.12. The maximum atomic E-state index is 8.92. The van der Waals surface area contributed by atoms with Crippen molar-refractivity contribution in [2.24, 2.45) is 5.92 Å². The molecule has 0 unspecified atom stereocenters. The third-order valence-corrected chi connectivity index (χ3v) is 3.12. The van der Waals surface area contributed by atoms with Gasteiger partial charge in [-0.2, -0.15) is 5.26 Å². The SMILES string of the molecule is N#Cc1ccccc1CNCCCC1CC1. The Morgan fingerprint density at radius 1 is 1.31 bits per heavy atom. The molecule has 0 aliphatic heterocycles. The van der Waals surface area contributed by atoms with Crippen LogP contribution in [0.2, 0.25) is 0 Å². The van der Waals surface area contributed by atoms with E-state index in [0.717, 1.165) is 30.1 Å². The lowest BCUT2D eigenvalue weighted by molar-refractivity contribution is 0.593. The highest BCUT2D eigenvalue weighted by atomic mass is 14.8. The van der Waals surface area contributed by atoms with Crippen molar-refractivity contribution in [1.82, 2.24) is 5.32 Å². The van der Waals surface area contributed by atoms with Gasteiger partial charge in [0.05, 0.1) is 11.6 Å². The van der Waals surface area contributed by atoms with E-state index in [1.165, 1.54) is 25.7 Å². The summed E-state index contributed by atoms with van der Waals surface area (Å²) >= 11 is 0. The largest absolute Gasteiger partial charge is 0.313 e. The van der Waals surface area contributed by atoms with Gasteiger partial charge in [-0.05, 0) is 36.9 Å². The molecule has 0 atom stereocenters. The quantitative estimate of drug-likeness (QED) is 0.739. The highest BCUT2D eigenvalue weighted by Crippen LogP contribution is 2.33. The fourth-order valence-electron chi connectivity index (χ4n) is 1.93. The summed E-state index contributed by atoms with van der Waals surface area (Å²) in [5, 5.41) is 12.3. The van der Waals surface area contributed by atoms with E-state index in [1.54, 1.807) is 0 Å². The average Bonchev–Trinajstić information content (AvgIpc) is 3.13. The molecule has 16 heavy (non-hydrogen) atoms. The topological polar surface area (TPSA) is 35.8 Å². The molecule has 0 heterocycles. The van der Waals surface area contributed by atoms with Crippen LogP contribution in [0.3, 0.4) is 0 Å². The Bertz CT molecular complexity index is 375. The van der Waals surface area contributed by atoms with Crippen molar-refractivity contribution < 1.29 is 0 Å². The Morgan fingerprint density at radius 3 is 2.88 bits per heavy atom. The maximum Gasteiger partial charge on any atom is 0.0995 e. The van der Waals surface area contributed by atoms with E-state index in [2.05, 4.69) is 11.4 Å². The van der Waals surface area contributed by atoms with Crippen LogP contribution in [0.5, 0.6) is 0 Å². The zero-order chi connectivity index (χ0) is 11.2. The fraction of sp³-hybridized carbons (Fsp3) is 0.500. The van der Waals surface area contributed by atoms with Crippen molar-refractivity contribution >= 4 is 0 Å². The number of nitriles is 1. The first-order valence-electron chi connectivity index (χ1n) is 6.09. The number of hydrogen-bond acceptors (Lipinski definition) is 2. The standard InChI is InChI=1S/C14H18N2/c15-10-13-5-1-2-6-14(13)11-16-9-3-4-12-7-8-12/h1-2,5-6,12,16H,3-4,7-9,11H2. The van der Waals surface area contributed by atoms with Gasteiger partial charge in [-0.25, -0.2) is 0 Å². The van der Waals surface area contributed by atoms with Crippen molar-refractivity contribution in [3.63, 3.8) is 0 Å². The molecule has 1 aromatic carbocycles. The molecule has 1 saturated carbocycles. The number of benzene rings is 1. The lowest BCUT2D eigenvalue weighted by atomic mass is 10.1. The highest BCUT2D eigenvalue weighted by Gasteiger charge is 2.19. The van der Waals surface area contributed by atoms with Crippen LogP contribution in [0.4, 0.5) is 0 Å². The highest BCUT2D eigenvalue weighted by molar-refractivity contribution is 5.37. The zero-order valence-electron chi connectivity index (χ0n) is 9.58. The van der Waals surface area contributed by atoms with Gasteiger partial charge in [-0.3, -0.25) is 0 Å². The van der Waals surface area contributed by atoms with Crippen LogP contribution in [0.1, 0.15) is 36.8 Å². The molecule has 0 radical (unpaired) electrons. The summed E-state index contributed by atoms with van der Waals surface area (Å²) in [6.07, 6.45) is 5.51. The van der Waals surface area contributed by atoms with Gasteiger partial charge in [0, 0.05) is 6.54 Å². The molecule has 1 aliphatic carbocycles. The van der Waals surface area contributed by atoms with Crippen LogP contribution >= 0.6 is 0 Å². The average molecular weight is 214 g/mol. The second-order valence-electron chi connectivity index (χ2n) is 4.53. The minimum absolute atomic E-state index is 0.789. The molecular formula is C14H18N2. The van der Waals surface area contributed by atoms with E-state index in [-0.39, 0.29) is 0 Å². The first kappa shape index (κ1) is 11.2. The van der Waals surface area contributed by atoms with Gasteiger partial charge in [-0.15, -0.1) is 0 Å². The molecule has 0 saturated heterocycles. The minimum atomic E-state index is 0.789. The number of nitrogens with one attached hydrogen (secondary N) is 1. The minimum Gasteiger partial charge on any atom is -0.313 e. The van der Waals surface area contributed by atoms with Crippen LogP contribution < -0.4 is 5.32 Å². The second-order valence-corrected chi connectivity index (χ2v) is 4.53. The van der Waals surface area contributed by atoms with Gasteiger partial charge in [0.15, 0.2) is 0 Å². The van der Waals surface area contributed by atoms with Crippen LogP contribution in [0, 0.1) is 17.2 Å². The molecule has 1 fully saturated rings. The molecule has 1 aliphatic rings. The van der Waals surface area contributed by atoms with Crippen molar-refractivity contribution in [3.8, 4) is 6.07 Å². The van der Waals surface area contributed by atoms with E-state index in [9.17, 15) is 0 Å². The van der Waals surface area contributed by atoms with Crippen molar-refractivity contribution in [2.75, 3.05) is 6.54 Å². The second kappa shape index (κ2) is 5.67. The monoisotopic (exact) mass is 214 g/mol. The molecule has 2 rings (SSSR count). The van der Waals surface area contributed by atoms with Gasteiger partial charge in [0.25, 0.3) is 0 Å². The molecule has 2 heteroatoms. The fourth-order valence-corrected chi connectivity index (χ4v) is 1.93. The van der Waals surface area contributed by atoms with Gasteiger partial charge < -0.3 is 5.32 Å². The Kier molecular flexibility index (Phi) is 3.96. The molecule has 0 amide bonds. The van der Waals surface area contributed by atoms with E-state index in [4.69, 9.17) is 5.26 Å². The van der Waals surface area contributed by atoms with Crippen molar-refractivity contribution in [2.45, 2.75) is 32.2 Å². The smallest absolute Gasteiger partial charge is 0.0995 e. The third kappa shape index (κ3) is 3.36. The first-order valence-corrected chi connectivity index (χ1v) is 6.09. The van der Waals surface area contributed by atoms with E-state index in [0.29, 0.717) is 0 Å². The Hall–Kier alpha value is -1.33. The Labute approximate surface area is 97.3 Å². The number of hydrogen-bond donors (Lipinski definition) is 1. The van der Waals surface area contributed by atoms with Crippen LogP contribution in [0.15, 0.2) is 24.3 Å². The summed E-state index contributed by atoms with van der Waals surface area (Å²) in [7, 11) is 0. The molecule has 0 aromatic heterocycles. The van der Waals surface area contributed by atoms with Gasteiger partial charge >= 0.3 is 0 Å². The zero-order valence-corrected chi connectivity index (χ0v) is 9.58. The van der Waals surface area contributed by atoms with Crippen LogP contribution in [-0.2, 0) is 6.54 Å². The lowest BCUT2D eigenvalue weighted by Crippen LogP contribution is -2.15. The summed E-state index contributed by atoms with van der Waals surface area (Å²) in [6, 6.07) is 10.0. The number of nitrogens with zero attached hydrogens (tertiary/aromatic N) is 1. The summed E-state index contributed by atoms with van der Waals surface area (Å²) in [4.78, 5) is 0. The van der Waals surface area contributed by atoms with Crippen molar-refractivity contribution in [1.29, 1.82) is 5.26 Å². The molecular weight excluding hydrogens is 196 g/mol. The summed E-state index contributed by atoms with van der Waals surface area (Å²) in [6.45, 7) is 1.88. The normalized spacial score (nSPS) is 14.7. The Morgan fingerprint density at radius 2 is 2.12 bits per heavy atom. The molecule has 2 nitrogen and oxygen atoms in total. The van der Waals surface area contributed by atoms with Gasteiger partial charge in [-0.1, -0.05) is 31.0 Å². The predicted octanol–water partition coefficient (Wildman–Crippen LogP) is 2.84. The van der Waals surface area contributed by atoms with Crippen LogP contribution in [-0.4, -0.2) is 6.54 Å². The molecule has 84 valence electrons. The van der Waals surface area contributed by atoms with E-state index in [1.807, 2.05) is 24.3 Å². The van der Waals surface area contributed by atoms with E-state index >= 15 is 0 Å².